The fourth-order valence-corrected chi connectivity index (χ4v) is 4.70. The summed E-state index contributed by atoms with van der Waals surface area (Å²) in [5.74, 6) is -0.472. The number of pyridine rings is 1. The zero-order valence-electron chi connectivity index (χ0n) is 20.9. The molecule has 3 aromatic heterocycles. The number of anilines is 2. The molecule has 2 aliphatic carbocycles. The van der Waals surface area contributed by atoms with Crippen LogP contribution in [0.15, 0.2) is 18.3 Å². The number of carbonyl (C=O) groups is 1. The first-order valence-electron chi connectivity index (χ1n) is 12.7. The number of rotatable bonds is 9. The van der Waals surface area contributed by atoms with Crippen LogP contribution in [0.2, 0.25) is 0 Å². The smallest absolute Gasteiger partial charge is 0.306 e. The Labute approximate surface area is 213 Å². The average molecular weight is 511 g/mol. The lowest BCUT2D eigenvalue weighted by Crippen LogP contribution is -2.29. The van der Waals surface area contributed by atoms with Crippen molar-refractivity contribution in [3.63, 3.8) is 0 Å². The predicted molar refractivity (Wildman–Crippen MR) is 134 cm³/mol. The number of carboxylic acid groups (broad SMARTS) is 1. The molecule has 0 spiro atoms. The number of hydrogen-bond donors (Lipinski definition) is 3. The molecule has 0 amide bonds. The van der Waals surface area contributed by atoms with Gasteiger partial charge in [-0.05, 0) is 64.0 Å². The Hall–Kier alpha value is -3.83. The SMILES string of the molecule is Cc1nc(-c2nnn(C)c2CNc2ncc(F)c(NC3CCC3)n2)ccc1O[C@H]1CCC[C@H](C(=O)O)C1. The molecule has 37 heavy (non-hydrogen) atoms. The number of nitrogens with zero attached hydrogens (tertiary/aromatic N) is 6. The number of aliphatic carboxylic acids is 1. The molecule has 2 atom stereocenters. The van der Waals surface area contributed by atoms with Gasteiger partial charge in [-0.25, -0.2) is 19.0 Å². The van der Waals surface area contributed by atoms with Crippen LogP contribution in [-0.2, 0) is 18.4 Å². The Bertz CT molecular complexity index is 1280. The Morgan fingerprint density at radius 3 is 2.76 bits per heavy atom. The van der Waals surface area contributed by atoms with E-state index in [4.69, 9.17) is 9.72 Å². The second kappa shape index (κ2) is 10.7. The molecule has 3 aromatic rings. The van der Waals surface area contributed by atoms with E-state index in [0.29, 0.717) is 48.2 Å². The van der Waals surface area contributed by atoms with Crippen molar-refractivity contribution < 1.29 is 19.0 Å². The summed E-state index contributed by atoms with van der Waals surface area (Å²) in [7, 11) is 1.79. The summed E-state index contributed by atoms with van der Waals surface area (Å²) in [6, 6.07) is 3.92. The summed E-state index contributed by atoms with van der Waals surface area (Å²) in [6.07, 6.45) is 7.02. The lowest BCUT2D eigenvalue weighted by atomic mass is 9.87. The first kappa shape index (κ1) is 24.8. The molecule has 11 nitrogen and oxygen atoms in total. The molecular formula is C25H31FN8O3. The lowest BCUT2D eigenvalue weighted by Gasteiger charge is -2.27. The van der Waals surface area contributed by atoms with Crippen LogP contribution in [0.1, 0.15) is 56.3 Å². The second-order valence-electron chi connectivity index (χ2n) is 9.75. The van der Waals surface area contributed by atoms with E-state index < -0.39 is 11.8 Å². The van der Waals surface area contributed by atoms with Crippen LogP contribution in [-0.4, -0.2) is 53.2 Å². The molecule has 12 heteroatoms. The minimum Gasteiger partial charge on any atom is -0.489 e. The van der Waals surface area contributed by atoms with Crippen LogP contribution in [0.25, 0.3) is 11.4 Å². The minimum absolute atomic E-state index is 0.142. The highest BCUT2D eigenvalue weighted by Gasteiger charge is 2.28. The molecule has 0 radical (unpaired) electrons. The van der Waals surface area contributed by atoms with Crippen LogP contribution in [0, 0.1) is 18.7 Å². The van der Waals surface area contributed by atoms with Crippen molar-refractivity contribution in [2.24, 2.45) is 13.0 Å². The topological polar surface area (TPSA) is 140 Å². The van der Waals surface area contributed by atoms with E-state index in [0.717, 1.165) is 44.0 Å². The van der Waals surface area contributed by atoms with Gasteiger partial charge in [0.25, 0.3) is 0 Å². The number of nitrogens with one attached hydrogen (secondary N) is 2. The maximum Gasteiger partial charge on any atom is 0.306 e. The number of aromatic nitrogens is 6. The Morgan fingerprint density at radius 2 is 2.03 bits per heavy atom. The summed E-state index contributed by atoms with van der Waals surface area (Å²) in [4.78, 5) is 24.4. The van der Waals surface area contributed by atoms with Crippen molar-refractivity contribution in [3.05, 3.63) is 35.5 Å². The first-order valence-corrected chi connectivity index (χ1v) is 12.7. The van der Waals surface area contributed by atoms with Gasteiger partial charge in [0.2, 0.25) is 5.95 Å². The minimum atomic E-state index is -0.765. The van der Waals surface area contributed by atoms with Gasteiger partial charge in [-0.2, -0.15) is 4.98 Å². The van der Waals surface area contributed by atoms with Crippen molar-refractivity contribution >= 4 is 17.7 Å². The molecule has 0 saturated heterocycles. The molecule has 0 bridgehead atoms. The third-order valence-electron chi connectivity index (χ3n) is 7.10. The van der Waals surface area contributed by atoms with Crippen molar-refractivity contribution in [2.75, 3.05) is 10.6 Å². The van der Waals surface area contributed by atoms with E-state index in [1.165, 1.54) is 0 Å². The van der Waals surface area contributed by atoms with Gasteiger partial charge in [0.1, 0.15) is 11.4 Å². The van der Waals surface area contributed by atoms with E-state index in [9.17, 15) is 14.3 Å². The standard InChI is InChI=1S/C25H31FN8O3/c1-14-21(37-17-8-3-5-15(11-17)24(35)36)10-9-19(29-14)22-20(34(2)33-32-22)13-28-25-27-12-18(26)23(31-25)30-16-6-4-7-16/h9-10,12,15-17H,3-8,11,13H2,1-2H3,(H,35,36)(H2,27,28,30,31)/t15-,17-/m0/s1. The van der Waals surface area contributed by atoms with Crippen LogP contribution < -0.4 is 15.4 Å². The predicted octanol–water partition coefficient (Wildman–Crippen LogP) is 3.71. The van der Waals surface area contributed by atoms with E-state index >= 15 is 0 Å². The third-order valence-corrected chi connectivity index (χ3v) is 7.10. The number of aryl methyl sites for hydroxylation is 2. The molecule has 2 aliphatic rings. The third kappa shape index (κ3) is 5.62. The fraction of sp³-hybridized carbons (Fsp3) is 0.520. The maximum atomic E-state index is 14.1. The Balaban J connectivity index is 1.28. The van der Waals surface area contributed by atoms with E-state index in [2.05, 4.69) is 30.9 Å². The molecule has 196 valence electrons. The summed E-state index contributed by atoms with van der Waals surface area (Å²) in [5, 5.41) is 24.1. The maximum absolute atomic E-state index is 14.1. The second-order valence-corrected chi connectivity index (χ2v) is 9.75. The largest absolute Gasteiger partial charge is 0.489 e. The van der Waals surface area contributed by atoms with E-state index in [-0.39, 0.29) is 23.9 Å². The highest BCUT2D eigenvalue weighted by Crippen LogP contribution is 2.31. The molecule has 0 aliphatic heterocycles. The van der Waals surface area contributed by atoms with Crippen LogP contribution >= 0.6 is 0 Å². The van der Waals surface area contributed by atoms with Crippen LogP contribution in [0.5, 0.6) is 5.75 Å². The number of halogens is 1. The van der Waals surface area contributed by atoms with Gasteiger partial charge < -0.3 is 20.5 Å². The first-order chi connectivity index (χ1) is 17.9. The highest BCUT2D eigenvalue weighted by atomic mass is 19.1. The van der Waals surface area contributed by atoms with E-state index in [1.807, 2.05) is 19.1 Å². The van der Waals surface area contributed by atoms with Crippen molar-refractivity contribution in [1.29, 1.82) is 0 Å². The zero-order valence-corrected chi connectivity index (χ0v) is 20.9. The molecule has 3 N–H and O–H groups in total. The average Bonchev–Trinajstić information content (AvgIpc) is 3.23. The number of carboxylic acids is 1. The van der Waals surface area contributed by atoms with Crippen molar-refractivity contribution in [2.45, 2.75) is 70.6 Å². The van der Waals surface area contributed by atoms with Gasteiger partial charge >= 0.3 is 5.97 Å². The molecule has 2 fully saturated rings. The monoisotopic (exact) mass is 510 g/mol. The highest BCUT2D eigenvalue weighted by molar-refractivity contribution is 5.70. The quantitative estimate of drug-likeness (QED) is 0.390. The van der Waals surface area contributed by atoms with Gasteiger partial charge in [-0.15, -0.1) is 5.10 Å². The molecular weight excluding hydrogens is 479 g/mol. The molecule has 0 unspecified atom stereocenters. The summed E-state index contributed by atoms with van der Waals surface area (Å²) in [5.41, 5.74) is 2.68. The summed E-state index contributed by atoms with van der Waals surface area (Å²) in [6.45, 7) is 2.17. The van der Waals surface area contributed by atoms with Gasteiger partial charge in [0.05, 0.1) is 41.8 Å². The molecule has 0 aromatic carbocycles. The summed E-state index contributed by atoms with van der Waals surface area (Å²) < 4.78 is 21.9. The lowest BCUT2D eigenvalue weighted by molar-refractivity contribution is -0.143. The Morgan fingerprint density at radius 1 is 1.22 bits per heavy atom. The normalized spacial score (nSPS) is 19.8. The van der Waals surface area contributed by atoms with Crippen LogP contribution in [0.4, 0.5) is 16.2 Å². The van der Waals surface area contributed by atoms with Crippen molar-refractivity contribution in [1.82, 2.24) is 29.9 Å². The summed E-state index contributed by atoms with van der Waals surface area (Å²) >= 11 is 0. The van der Waals surface area contributed by atoms with Gasteiger partial charge in [0.15, 0.2) is 11.6 Å². The number of ether oxygens (including phenoxy) is 1. The zero-order chi connectivity index (χ0) is 25.9. The van der Waals surface area contributed by atoms with Gasteiger partial charge in [0, 0.05) is 13.1 Å². The van der Waals surface area contributed by atoms with Gasteiger partial charge in [-0.1, -0.05) is 5.21 Å². The van der Waals surface area contributed by atoms with Crippen molar-refractivity contribution in [3.8, 4) is 17.1 Å². The molecule has 5 rings (SSSR count). The Kier molecular flexibility index (Phi) is 7.15. The number of hydrogen-bond acceptors (Lipinski definition) is 9. The van der Waals surface area contributed by atoms with Crippen LogP contribution in [0.3, 0.4) is 0 Å². The van der Waals surface area contributed by atoms with Gasteiger partial charge in [-0.3, -0.25) is 4.79 Å². The fourth-order valence-electron chi connectivity index (χ4n) is 4.70. The molecule has 3 heterocycles. The molecule has 2 saturated carbocycles. The van der Waals surface area contributed by atoms with E-state index in [1.54, 1.807) is 11.7 Å².